The summed E-state index contributed by atoms with van der Waals surface area (Å²) in [7, 11) is 0. The van der Waals surface area contributed by atoms with Crippen molar-refractivity contribution in [3.63, 3.8) is 0 Å². The van der Waals surface area contributed by atoms with Gasteiger partial charge in [0, 0.05) is 37.6 Å². The van der Waals surface area contributed by atoms with Crippen molar-refractivity contribution in [2.75, 3.05) is 0 Å². The molecule has 1 aliphatic rings. The van der Waals surface area contributed by atoms with E-state index in [2.05, 4.69) is 86.2 Å². The number of hydrogen-bond acceptors (Lipinski definition) is 4. The third-order valence-electron chi connectivity index (χ3n) is 6.93. The molecule has 174 valence electrons. The van der Waals surface area contributed by atoms with Gasteiger partial charge in [0.2, 0.25) is 0 Å². The van der Waals surface area contributed by atoms with Crippen molar-refractivity contribution >= 4 is 42.5 Å². The number of thiophene rings is 1. The second kappa shape index (κ2) is 7.43. The van der Waals surface area contributed by atoms with Crippen LogP contribution < -0.4 is 4.74 Å². The number of hydrogen-bond donors (Lipinski definition) is 2. The number of rotatable bonds is 3. The molecule has 0 spiro atoms. The average molecular weight is 479 g/mol. The highest BCUT2D eigenvalue weighted by Crippen LogP contribution is 2.42. The maximum Gasteiger partial charge on any atom is 0.130 e. The lowest BCUT2D eigenvalue weighted by Gasteiger charge is -2.17. The molecule has 6 aromatic rings. The van der Waals surface area contributed by atoms with Crippen LogP contribution in [-0.4, -0.2) is 19.9 Å². The lowest BCUT2D eigenvalue weighted by Crippen LogP contribution is -2.05. The SMILES string of the molecule is CC(C)c1nc2c([nH]1)COc1cc(-c3ccc4c(c3)sc3cc5nc(C(C)C)[nH]c5cc34)ccc1-2. The monoisotopic (exact) mass is 478 g/mol. The van der Waals surface area contributed by atoms with Crippen LogP contribution in [0, 0.1) is 0 Å². The van der Waals surface area contributed by atoms with E-state index in [1.807, 2.05) is 11.3 Å². The van der Waals surface area contributed by atoms with Crippen molar-refractivity contribution in [3.05, 3.63) is 65.9 Å². The highest BCUT2D eigenvalue weighted by atomic mass is 32.1. The van der Waals surface area contributed by atoms with Gasteiger partial charge < -0.3 is 14.7 Å². The Kier molecular flexibility index (Phi) is 4.39. The Bertz CT molecular complexity index is 1770. The molecule has 0 aliphatic carbocycles. The maximum absolute atomic E-state index is 6.12. The smallest absolute Gasteiger partial charge is 0.130 e. The molecule has 0 atom stereocenters. The molecule has 1 aliphatic heterocycles. The standard InChI is InChI=1S/C29H26N4OS/c1-14(2)28-30-21-11-20-18-7-5-17(10-25(18)35-26(20)12-22(21)31-28)16-6-8-19-24(9-16)34-13-23-27(19)33-29(32-23)15(3)4/h5-12,14-15H,13H2,1-4H3,(H,30,31)(H,32,33). The van der Waals surface area contributed by atoms with Gasteiger partial charge in [-0.1, -0.05) is 45.9 Å². The van der Waals surface area contributed by atoms with Gasteiger partial charge in [0.25, 0.3) is 0 Å². The largest absolute Gasteiger partial charge is 0.487 e. The van der Waals surface area contributed by atoms with Gasteiger partial charge >= 0.3 is 0 Å². The molecule has 6 heteroatoms. The Morgan fingerprint density at radius 2 is 1.54 bits per heavy atom. The van der Waals surface area contributed by atoms with E-state index in [4.69, 9.17) is 14.7 Å². The van der Waals surface area contributed by atoms with Crippen molar-refractivity contribution in [3.8, 4) is 28.1 Å². The summed E-state index contributed by atoms with van der Waals surface area (Å²) in [6.45, 7) is 9.17. The summed E-state index contributed by atoms with van der Waals surface area (Å²) in [5.74, 6) is 3.70. The average Bonchev–Trinajstić information content (AvgIpc) is 3.56. The van der Waals surface area contributed by atoms with E-state index in [0.717, 1.165) is 50.9 Å². The van der Waals surface area contributed by atoms with E-state index in [9.17, 15) is 0 Å². The normalized spacial score (nSPS) is 13.2. The molecule has 35 heavy (non-hydrogen) atoms. The first kappa shape index (κ1) is 20.7. The van der Waals surface area contributed by atoms with Crippen LogP contribution in [0.4, 0.5) is 0 Å². The highest BCUT2D eigenvalue weighted by molar-refractivity contribution is 7.25. The van der Waals surface area contributed by atoms with Crippen molar-refractivity contribution in [1.82, 2.24) is 19.9 Å². The number of aromatic nitrogens is 4. The second-order valence-electron chi connectivity index (χ2n) is 10.1. The predicted octanol–water partition coefficient (Wildman–Crippen LogP) is 8.13. The summed E-state index contributed by atoms with van der Waals surface area (Å²) in [5, 5.41) is 2.57. The molecule has 4 heterocycles. The fourth-order valence-corrected chi connectivity index (χ4v) is 6.11. The van der Waals surface area contributed by atoms with Crippen LogP contribution in [0.15, 0.2) is 48.5 Å². The molecule has 3 aromatic heterocycles. The first-order valence-electron chi connectivity index (χ1n) is 12.2. The molecular formula is C29H26N4OS. The Balaban J connectivity index is 1.30. The zero-order valence-corrected chi connectivity index (χ0v) is 21.0. The molecule has 0 fully saturated rings. The van der Waals surface area contributed by atoms with Crippen molar-refractivity contribution < 1.29 is 4.74 Å². The quantitative estimate of drug-likeness (QED) is 0.270. The van der Waals surface area contributed by atoms with Crippen LogP contribution in [0.2, 0.25) is 0 Å². The van der Waals surface area contributed by atoms with Crippen LogP contribution in [0.5, 0.6) is 5.75 Å². The third kappa shape index (κ3) is 3.20. The third-order valence-corrected chi connectivity index (χ3v) is 8.04. The van der Waals surface area contributed by atoms with Crippen molar-refractivity contribution in [2.24, 2.45) is 0 Å². The number of imidazole rings is 2. The summed E-state index contributed by atoms with van der Waals surface area (Å²) >= 11 is 1.83. The summed E-state index contributed by atoms with van der Waals surface area (Å²) in [4.78, 5) is 16.6. The number of H-pyrrole nitrogens is 2. The van der Waals surface area contributed by atoms with Gasteiger partial charge in [-0.25, -0.2) is 9.97 Å². The van der Waals surface area contributed by atoms with Crippen molar-refractivity contribution in [2.45, 2.75) is 46.1 Å². The zero-order valence-electron chi connectivity index (χ0n) is 20.2. The number of nitrogens with zero attached hydrogens (tertiary/aromatic N) is 2. The first-order valence-corrected chi connectivity index (χ1v) is 13.0. The summed E-state index contributed by atoms with van der Waals surface area (Å²) in [6.07, 6.45) is 0. The van der Waals surface area contributed by atoms with Gasteiger partial charge in [0.05, 0.1) is 22.4 Å². The molecule has 0 bridgehead atoms. The van der Waals surface area contributed by atoms with Crippen LogP contribution in [0.1, 0.15) is 56.9 Å². The van der Waals surface area contributed by atoms with Gasteiger partial charge in [-0.2, -0.15) is 0 Å². The molecule has 5 nitrogen and oxygen atoms in total. The topological polar surface area (TPSA) is 66.6 Å². The molecule has 0 amide bonds. The minimum atomic E-state index is 0.359. The molecule has 0 saturated carbocycles. The number of fused-ring (bicyclic) bond motifs is 7. The predicted molar refractivity (Wildman–Crippen MR) is 145 cm³/mol. The van der Waals surface area contributed by atoms with E-state index in [1.165, 1.54) is 25.7 Å². The van der Waals surface area contributed by atoms with Crippen LogP contribution in [0.3, 0.4) is 0 Å². The Labute approximate surface area is 207 Å². The second-order valence-corrected chi connectivity index (χ2v) is 11.1. The Morgan fingerprint density at radius 1 is 0.800 bits per heavy atom. The molecule has 0 radical (unpaired) electrons. The lowest BCUT2D eigenvalue weighted by atomic mass is 9.99. The number of ether oxygens (including phenoxy) is 1. The molecule has 2 N–H and O–H groups in total. The molecule has 7 rings (SSSR count). The van der Waals surface area contributed by atoms with E-state index in [0.29, 0.717) is 18.4 Å². The molecular weight excluding hydrogens is 452 g/mol. The summed E-state index contributed by atoms with van der Waals surface area (Å²) < 4.78 is 8.68. The van der Waals surface area contributed by atoms with Crippen LogP contribution >= 0.6 is 11.3 Å². The molecule has 0 saturated heterocycles. The van der Waals surface area contributed by atoms with E-state index in [1.54, 1.807) is 0 Å². The van der Waals surface area contributed by atoms with Gasteiger partial charge in [0.1, 0.15) is 24.0 Å². The summed E-state index contributed by atoms with van der Waals surface area (Å²) in [6, 6.07) is 17.7. The van der Waals surface area contributed by atoms with Gasteiger partial charge in [0.15, 0.2) is 0 Å². The Hall–Kier alpha value is -3.64. The fraction of sp³-hybridized carbons (Fsp3) is 0.241. The molecule has 0 unspecified atom stereocenters. The molecule has 3 aromatic carbocycles. The van der Waals surface area contributed by atoms with Crippen LogP contribution in [0.25, 0.3) is 53.6 Å². The van der Waals surface area contributed by atoms with Gasteiger partial charge in [-0.05, 0) is 41.5 Å². The first-order chi connectivity index (χ1) is 16.9. The van der Waals surface area contributed by atoms with E-state index < -0.39 is 0 Å². The number of nitrogens with one attached hydrogen (secondary N) is 2. The summed E-state index contributed by atoms with van der Waals surface area (Å²) in [5.41, 5.74) is 7.63. The number of aromatic amines is 2. The minimum Gasteiger partial charge on any atom is -0.487 e. The minimum absolute atomic E-state index is 0.359. The van der Waals surface area contributed by atoms with Crippen molar-refractivity contribution in [1.29, 1.82) is 0 Å². The fourth-order valence-electron chi connectivity index (χ4n) is 4.95. The van der Waals surface area contributed by atoms with E-state index in [-0.39, 0.29) is 0 Å². The van der Waals surface area contributed by atoms with Gasteiger partial charge in [-0.15, -0.1) is 11.3 Å². The van der Waals surface area contributed by atoms with E-state index >= 15 is 0 Å². The van der Waals surface area contributed by atoms with Gasteiger partial charge in [-0.3, -0.25) is 0 Å². The zero-order chi connectivity index (χ0) is 23.8. The lowest BCUT2D eigenvalue weighted by molar-refractivity contribution is 0.298. The highest BCUT2D eigenvalue weighted by Gasteiger charge is 2.23. The van der Waals surface area contributed by atoms with Crippen LogP contribution in [-0.2, 0) is 6.61 Å². The number of benzene rings is 3. The maximum atomic E-state index is 6.12. The Morgan fingerprint density at radius 3 is 2.37 bits per heavy atom.